The average molecular weight is 266 g/mol. The molecule has 0 heterocycles. The molecule has 3 nitrogen and oxygen atoms in total. The molecule has 2 aliphatic rings. The van der Waals surface area contributed by atoms with Crippen molar-refractivity contribution in [1.29, 1.82) is 0 Å². The number of carbonyl (C=O) groups excluding carboxylic acids is 1. The van der Waals surface area contributed by atoms with Gasteiger partial charge in [0.1, 0.15) is 0 Å². The second-order valence-electron chi connectivity index (χ2n) is 7.62. The van der Waals surface area contributed by atoms with Gasteiger partial charge in [-0.1, -0.05) is 27.2 Å². The molecule has 2 rings (SSSR count). The highest BCUT2D eigenvalue weighted by molar-refractivity contribution is 5.79. The molecule has 3 heteroatoms. The molecule has 0 aromatic carbocycles. The molecule has 0 spiro atoms. The van der Waals surface area contributed by atoms with Crippen LogP contribution in [0.5, 0.6) is 0 Å². The third-order valence-electron chi connectivity index (χ3n) is 5.11. The lowest BCUT2D eigenvalue weighted by molar-refractivity contribution is -0.127. The monoisotopic (exact) mass is 266 g/mol. The van der Waals surface area contributed by atoms with E-state index in [1.54, 1.807) is 0 Å². The minimum atomic E-state index is 0.158. The number of hydrogen-bond acceptors (Lipinski definition) is 2. The molecule has 3 N–H and O–H groups in total. The van der Waals surface area contributed by atoms with Crippen LogP contribution in [0.3, 0.4) is 0 Å². The summed E-state index contributed by atoms with van der Waals surface area (Å²) in [5.74, 6) is 1.00. The summed E-state index contributed by atoms with van der Waals surface area (Å²) in [6, 6.07) is 0.603. The lowest BCUT2D eigenvalue weighted by Gasteiger charge is -2.40. The van der Waals surface area contributed by atoms with Crippen LogP contribution in [0, 0.1) is 17.3 Å². The second kappa shape index (κ2) is 5.82. The Hall–Kier alpha value is -0.570. The summed E-state index contributed by atoms with van der Waals surface area (Å²) in [7, 11) is 0. The fourth-order valence-corrected chi connectivity index (χ4v) is 3.93. The van der Waals surface area contributed by atoms with Gasteiger partial charge in [0.05, 0.1) is 0 Å². The molecule has 1 amide bonds. The molecule has 4 atom stereocenters. The van der Waals surface area contributed by atoms with Gasteiger partial charge in [-0.15, -0.1) is 0 Å². The van der Waals surface area contributed by atoms with E-state index in [0.29, 0.717) is 17.4 Å². The van der Waals surface area contributed by atoms with E-state index in [-0.39, 0.29) is 17.9 Å². The van der Waals surface area contributed by atoms with E-state index in [4.69, 9.17) is 5.73 Å². The SMILES string of the molecule is CC1CC(C)(C)CCC1NC(=O)C1CCCC(N)C1. The highest BCUT2D eigenvalue weighted by Gasteiger charge is 2.34. The molecule has 0 saturated heterocycles. The number of nitrogens with two attached hydrogens (primary N) is 1. The number of amides is 1. The Labute approximate surface area is 117 Å². The first-order valence-electron chi connectivity index (χ1n) is 7.93. The molecule has 0 aliphatic heterocycles. The van der Waals surface area contributed by atoms with Gasteiger partial charge in [-0.25, -0.2) is 0 Å². The average Bonchev–Trinajstić information content (AvgIpc) is 2.32. The van der Waals surface area contributed by atoms with Crippen molar-refractivity contribution in [2.24, 2.45) is 23.0 Å². The minimum absolute atomic E-state index is 0.158. The van der Waals surface area contributed by atoms with Crippen LogP contribution >= 0.6 is 0 Å². The summed E-state index contributed by atoms with van der Waals surface area (Å²) in [6.07, 6.45) is 7.63. The molecule has 2 aliphatic carbocycles. The topological polar surface area (TPSA) is 55.1 Å². The van der Waals surface area contributed by atoms with E-state index >= 15 is 0 Å². The Bertz CT molecular complexity index is 327. The first-order chi connectivity index (χ1) is 8.87. The van der Waals surface area contributed by atoms with Gasteiger partial charge < -0.3 is 11.1 Å². The summed E-state index contributed by atoms with van der Waals surface area (Å²) >= 11 is 0. The molecule has 0 radical (unpaired) electrons. The van der Waals surface area contributed by atoms with Crippen LogP contribution in [-0.4, -0.2) is 18.0 Å². The second-order valence-corrected chi connectivity index (χ2v) is 7.62. The van der Waals surface area contributed by atoms with Crippen molar-refractivity contribution >= 4 is 5.91 Å². The summed E-state index contributed by atoms with van der Waals surface area (Å²) in [4.78, 5) is 12.4. The molecular weight excluding hydrogens is 236 g/mol. The molecule has 2 fully saturated rings. The summed E-state index contributed by atoms with van der Waals surface area (Å²) in [5.41, 5.74) is 6.42. The third-order valence-corrected chi connectivity index (χ3v) is 5.11. The lowest BCUT2D eigenvalue weighted by atomic mass is 9.70. The zero-order valence-corrected chi connectivity index (χ0v) is 12.7. The molecule has 110 valence electrons. The van der Waals surface area contributed by atoms with Gasteiger partial charge in [0.25, 0.3) is 0 Å². The number of hydrogen-bond donors (Lipinski definition) is 2. The van der Waals surface area contributed by atoms with Crippen LogP contribution in [0.4, 0.5) is 0 Å². The molecule has 0 aromatic heterocycles. The Kier molecular flexibility index (Phi) is 4.54. The zero-order valence-electron chi connectivity index (χ0n) is 12.7. The van der Waals surface area contributed by atoms with Gasteiger partial charge in [0.15, 0.2) is 0 Å². The summed E-state index contributed by atoms with van der Waals surface area (Å²) in [6.45, 7) is 6.95. The van der Waals surface area contributed by atoms with Crippen molar-refractivity contribution in [2.45, 2.75) is 77.8 Å². The van der Waals surface area contributed by atoms with E-state index in [0.717, 1.165) is 32.1 Å². The fraction of sp³-hybridized carbons (Fsp3) is 0.938. The molecule has 19 heavy (non-hydrogen) atoms. The fourth-order valence-electron chi connectivity index (χ4n) is 3.93. The highest BCUT2D eigenvalue weighted by atomic mass is 16.1. The van der Waals surface area contributed by atoms with Crippen LogP contribution in [0.25, 0.3) is 0 Å². The Balaban J connectivity index is 1.85. The van der Waals surface area contributed by atoms with Gasteiger partial charge in [-0.2, -0.15) is 0 Å². The molecule has 0 bridgehead atoms. The van der Waals surface area contributed by atoms with E-state index < -0.39 is 0 Å². The molecule has 0 aromatic rings. The van der Waals surface area contributed by atoms with E-state index in [1.165, 1.54) is 12.8 Å². The van der Waals surface area contributed by atoms with Crippen LogP contribution in [0.1, 0.15) is 65.7 Å². The van der Waals surface area contributed by atoms with Crippen molar-refractivity contribution in [2.75, 3.05) is 0 Å². The van der Waals surface area contributed by atoms with Crippen LogP contribution in [0.2, 0.25) is 0 Å². The predicted octanol–water partition coefficient (Wildman–Crippen LogP) is 2.83. The van der Waals surface area contributed by atoms with Crippen molar-refractivity contribution in [1.82, 2.24) is 5.32 Å². The van der Waals surface area contributed by atoms with Crippen molar-refractivity contribution in [3.8, 4) is 0 Å². The van der Waals surface area contributed by atoms with Crippen molar-refractivity contribution in [3.63, 3.8) is 0 Å². The first kappa shape index (κ1) is 14.8. The maximum Gasteiger partial charge on any atom is 0.223 e. The number of nitrogens with one attached hydrogen (secondary N) is 1. The summed E-state index contributed by atoms with van der Waals surface area (Å²) in [5, 5.41) is 3.30. The highest BCUT2D eigenvalue weighted by Crippen LogP contribution is 2.38. The van der Waals surface area contributed by atoms with Gasteiger partial charge in [0, 0.05) is 18.0 Å². The number of rotatable bonds is 2. The van der Waals surface area contributed by atoms with Gasteiger partial charge >= 0.3 is 0 Å². The number of carbonyl (C=O) groups is 1. The Morgan fingerprint density at radius 2 is 2.00 bits per heavy atom. The van der Waals surface area contributed by atoms with Crippen LogP contribution in [0.15, 0.2) is 0 Å². The normalized spacial score (nSPS) is 38.7. The molecule has 2 saturated carbocycles. The zero-order chi connectivity index (χ0) is 14.0. The van der Waals surface area contributed by atoms with Gasteiger partial charge in [-0.05, 0) is 49.9 Å². The standard InChI is InChI=1S/C16H30N2O/c1-11-10-16(2,3)8-7-14(11)18-15(19)12-5-4-6-13(17)9-12/h11-14H,4-10,17H2,1-3H3,(H,18,19). The molecular formula is C16H30N2O. The quantitative estimate of drug-likeness (QED) is 0.807. The van der Waals surface area contributed by atoms with E-state index in [2.05, 4.69) is 26.1 Å². The largest absolute Gasteiger partial charge is 0.353 e. The van der Waals surface area contributed by atoms with Crippen LogP contribution < -0.4 is 11.1 Å². The maximum atomic E-state index is 12.4. The van der Waals surface area contributed by atoms with Crippen molar-refractivity contribution in [3.05, 3.63) is 0 Å². The van der Waals surface area contributed by atoms with Gasteiger partial charge in [-0.3, -0.25) is 4.79 Å². The predicted molar refractivity (Wildman–Crippen MR) is 78.7 cm³/mol. The Morgan fingerprint density at radius 1 is 1.26 bits per heavy atom. The molecule has 4 unspecified atom stereocenters. The minimum Gasteiger partial charge on any atom is -0.353 e. The van der Waals surface area contributed by atoms with E-state index in [9.17, 15) is 4.79 Å². The van der Waals surface area contributed by atoms with Gasteiger partial charge in [0.2, 0.25) is 5.91 Å². The lowest BCUT2D eigenvalue weighted by Crippen LogP contribution is -2.47. The Morgan fingerprint density at radius 3 is 2.63 bits per heavy atom. The third kappa shape index (κ3) is 3.95. The maximum absolute atomic E-state index is 12.4. The smallest absolute Gasteiger partial charge is 0.223 e. The van der Waals surface area contributed by atoms with Crippen LogP contribution in [-0.2, 0) is 4.79 Å². The first-order valence-corrected chi connectivity index (χ1v) is 7.93. The van der Waals surface area contributed by atoms with E-state index in [1.807, 2.05) is 0 Å². The summed E-state index contributed by atoms with van der Waals surface area (Å²) < 4.78 is 0. The van der Waals surface area contributed by atoms with Crippen molar-refractivity contribution < 1.29 is 4.79 Å².